The molecule has 1 heterocycles. The lowest BCUT2D eigenvalue weighted by atomic mass is 9.73. The van der Waals surface area contributed by atoms with E-state index in [1.165, 1.54) is 32.1 Å². The van der Waals surface area contributed by atoms with Crippen LogP contribution in [-0.4, -0.2) is 30.9 Å². The number of aliphatic hydroxyl groups is 1. The van der Waals surface area contributed by atoms with Crippen molar-refractivity contribution in [1.82, 2.24) is 5.32 Å². The molecule has 3 nitrogen and oxygen atoms in total. The molecule has 1 unspecified atom stereocenters. The van der Waals surface area contributed by atoms with E-state index >= 15 is 0 Å². The monoisotopic (exact) mass is 345 g/mol. The molecular formula is C22H35NO2. The molecule has 1 aromatic carbocycles. The van der Waals surface area contributed by atoms with Crippen molar-refractivity contribution in [2.45, 2.75) is 70.0 Å². The summed E-state index contributed by atoms with van der Waals surface area (Å²) >= 11 is 0. The van der Waals surface area contributed by atoms with E-state index in [2.05, 4.69) is 24.4 Å². The maximum absolute atomic E-state index is 11.7. The van der Waals surface area contributed by atoms with Crippen LogP contribution in [0.4, 0.5) is 0 Å². The largest absolute Gasteiger partial charge is 0.382 e. The predicted molar refractivity (Wildman–Crippen MR) is 103 cm³/mol. The van der Waals surface area contributed by atoms with Gasteiger partial charge in [-0.05, 0) is 62.6 Å². The Morgan fingerprint density at radius 2 is 1.76 bits per heavy atom. The molecule has 0 aromatic heterocycles. The quantitative estimate of drug-likeness (QED) is 0.776. The van der Waals surface area contributed by atoms with Crippen molar-refractivity contribution >= 4 is 0 Å². The van der Waals surface area contributed by atoms with E-state index in [1.807, 2.05) is 18.2 Å². The van der Waals surface area contributed by atoms with Crippen molar-refractivity contribution in [2.24, 2.45) is 11.8 Å². The van der Waals surface area contributed by atoms with Gasteiger partial charge in [-0.1, -0.05) is 56.5 Å². The van der Waals surface area contributed by atoms with Gasteiger partial charge in [-0.3, -0.25) is 0 Å². The Kier molecular flexibility index (Phi) is 6.92. The fourth-order valence-corrected chi connectivity index (χ4v) is 4.78. The highest BCUT2D eigenvalue weighted by Gasteiger charge is 2.40. The molecule has 3 rings (SSSR count). The Morgan fingerprint density at radius 3 is 2.40 bits per heavy atom. The molecule has 1 saturated carbocycles. The summed E-state index contributed by atoms with van der Waals surface area (Å²) in [5, 5.41) is 15.2. The zero-order chi connectivity index (χ0) is 17.5. The van der Waals surface area contributed by atoms with Gasteiger partial charge in [0.1, 0.15) is 5.60 Å². The predicted octanol–water partition coefficient (Wildman–Crippen LogP) is 4.25. The van der Waals surface area contributed by atoms with Crippen molar-refractivity contribution in [3.63, 3.8) is 0 Å². The van der Waals surface area contributed by atoms with Crippen molar-refractivity contribution in [3.8, 4) is 0 Å². The second-order valence-corrected chi connectivity index (χ2v) is 7.97. The van der Waals surface area contributed by atoms with Crippen LogP contribution in [0, 0.1) is 11.8 Å². The van der Waals surface area contributed by atoms with Crippen LogP contribution in [0.1, 0.15) is 63.9 Å². The molecule has 2 fully saturated rings. The zero-order valence-corrected chi connectivity index (χ0v) is 15.8. The van der Waals surface area contributed by atoms with Gasteiger partial charge in [0.25, 0.3) is 0 Å². The van der Waals surface area contributed by atoms with E-state index in [0.29, 0.717) is 18.4 Å². The number of piperidine rings is 1. The molecule has 1 aliphatic heterocycles. The average Bonchev–Trinajstić information content (AvgIpc) is 2.70. The summed E-state index contributed by atoms with van der Waals surface area (Å²) in [6.45, 7) is 4.84. The molecule has 2 atom stereocenters. The minimum Gasteiger partial charge on any atom is -0.382 e. The molecule has 2 N–H and O–H groups in total. The third-order valence-electron chi connectivity index (χ3n) is 6.38. The van der Waals surface area contributed by atoms with E-state index in [4.69, 9.17) is 4.74 Å². The molecule has 1 saturated heterocycles. The van der Waals surface area contributed by atoms with Crippen LogP contribution < -0.4 is 5.32 Å². The molecule has 3 heteroatoms. The van der Waals surface area contributed by atoms with Crippen molar-refractivity contribution in [1.29, 1.82) is 0 Å². The first-order chi connectivity index (χ1) is 12.2. The molecule has 0 amide bonds. The van der Waals surface area contributed by atoms with Gasteiger partial charge in [-0.2, -0.15) is 0 Å². The second kappa shape index (κ2) is 9.16. The third kappa shape index (κ3) is 4.64. The SMILES string of the molecule is CC[C@H](OCC(O)(c1ccccc1)C1CCCCC1)C1CCNCC1. The Hall–Kier alpha value is -0.900. The number of nitrogens with one attached hydrogen (secondary N) is 1. The lowest BCUT2D eigenvalue weighted by Crippen LogP contribution is -2.43. The molecule has 0 radical (unpaired) electrons. The number of ether oxygens (including phenoxy) is 1. The van der Waals surface area contributed by atoms with Crippen LogP contribution in [0.15, 0.2) is 30.3 Å². The molecule has 2 aliphatic rings. The van der Waals surface area contributed by atoms with Gasteiger partial charge in [0.2, 0.25) is 0 Å². The Bertz CT molecular complexity index is 494. The first-order valence-corrected chi connectivity index (χ1v) is 10.3. The first kappa shape index (κ1) is 18.9. The maximum Gasteiger partial charge on any atom is 0.116 e. The van der Waals surface area contributed by atoms with Crippen molar-refractivity contribution < 1.29 is 9.84 Å². The normalized spacial score (nSPS) is 23.9. The van der Waals surface area contributed by atoms with E-state index in [-0.39, 0.29) is 6.10 Å². The fraction of sp³-hybridized carbons (Fsp3) is 0.727. The molecular weight excluding hydrogens is 310 g/mol. The molecule has 0 spiro atoms. The van der Waals surface area contributed by atoms with Gasteiger partial charge >= 0.3 is 0 Å². The topological polar surface area (TPSA) is 41.5 Å². The van der Waals surface area contributed by atoms with E-state index < -0.39 is 5.60 Å². The second-order valence-electron chi connectivity index (χ2n) is 7.97. The highest BCUT2D eigenvalue weighted by Crippen LogP contribution is 2.40. The Morgan fingerprint density at radius 1 is 1.08 bits per heavy atom. The third-order valence-corrected chi connectivity index (χ3v) is 6.38. The van der Waals surface area contributed by atoms with Crippen molar-refractivity contribution in [3.05, 3.63) is 35.9 Å². The summed E-state index contributed by atoms with van der Waals surface area (Å²) in [6, 6.07) is 10.2. The highest BCUT2D eigenvalue weighted by molar-refractivity contribution is 5.23. The van der Waals surface area contributed by atoms with Crippen LogP contribution in [0.5, 0.6) is 0 Å². The number of hydrogen-bond acceptors (Lipinski definition) is 3. The zero-order valence-electron chi connectivity index (χ0n) is 15.8. The average molecular weight is 346 g/mol. The van der Waals surface area contributed by atoms with E-state index in [0.717, 1.165) is 37.9 Å². The van der Waals surface area contributed by atoms with Crippen molar-refractivity contribution in [2.75, 3.05) is 19.7 Å². The van der Waals surface area contributed by atoms with E-state index in [9.17, 15) is 5.11 Å². The standard InChI is InChI=1S/C22H35NO2/c1-2-21(18-13-15-23-16-14-18)25-17-22(24,19-9-5-3-6-10-19)20-11-7-4-8-12-20/h3,5-6,9-10,18,20-21,23-24H,2,4,7-8,11-17H2,1H3/t21-,22?/m0/s1. The van der Waals surface area contributed by atoms with Gasteiger partial charge in [-0.15, -0.1) is 0 Å². The molecule has 1 aromatic rings. The summed E-state index contributed by atoms with van der Waals surface area (Å²) in [5.41, 5.74) is 0.184. The maximum atomic E-state index is 11.7. The van der Waals surface area contributed by atoms with Crippen LogP contribution in [0.3, 0.4) is 0 Å². The highest BCUT2D eigenvalue weighted by atomic mass is 16.5. The van der Waals surface area contributed by atoms with Crippen LogP contribution in [0.2, 0.25) is 0 Å². The lowest BCUT2D eigenvalue weighted by molar-refractivity contribution is -0.130. The molecule has 25 heavy (non-hydrogen) atoms. The summed E-state index contributed by atoms with van der Waals surface area (Å²) in [5.74, 6) is 0.937. The van der Waals surface area contributed by atoms with Gasteiger partial charge < -0.3 is 15.2 Å². The molecule has 1 aliphatic carbocycles. The number of hydrogen-bond donors (Lipinski definition) is 2. The minimum absolute atomic E-state index is 0.265. The van der Waals surface area contributed by atoms with Crippen LogP contribution in [-0.2, 0) is 10.3 Å². The van der Waals surface area contributed by atoms with Gasteiger partial charge in [0.05, 0.1) is 12.7 Å². The van der Waals surface area contributed by atoms with Gasteiger partial charge in [0, 0.05) is 0 Å². The Labute approximate surface area is 153 Å². The summed E-state index contributed by atoms with van der Waals surface area (Å²) in [7, 11) is 0. The van der Waals surface area contributed by atoms with Crippen LogP contribution >= 0.6 is 0 Å². The molecule has 0 bridgehead atoms. The summed E-state index contributed by atoms with van der Waals surface area (Å²) < 4.78 is 6.43. The Balaban J connectivity index is 1.72. The summed E-state index contributed by atoms with van der Waals surface area (Å²) in [6.07, 6.45) is 9.64. The number of benzene rings is 1. The smallest absolute Gasteiger partial charge is 0.116 e. The number of rotatable bonds is 7. The van der Waals surface area contributed by atoms with E-state index in [1.54, 1.807) is 0 Å². The van der Waals surface area contributed by atoms with Crippen LogP contribution in [0.25, 0.3) is 0 Å². The summed E-state index contributed by atoms with van der Waals surface area (Å²) in [4.78, 5) is 0. The van der Waals surface area contributed by atoms with Gasteiger partial charge in [0.15, 0.2) is 0 Å². The first-order valence-electron chi connectivity index (χ1n) is 10.3. The minimum atomic E-state index is -0.845. The fourth-order valence-electron chi connectivity index (χ4n) is 4.78. The molecule has 140 valence electrons. The lowest BCUT2D eigenvalue weighted by Gasteiger charge is -2.40. The van der Waals surface area contributed by atoms with Gasteiger partial charge in [-0.25, -0.2) is 0 Å².